The van der Waals surface area contributed by atoms with Gasteiger partial charge < -0.3 is 20.5 Å². The molecule has 7 heteroatoms. The van der Waals surface area contributed by atoms with Crippen LogP contribution in [0.3, 0.4) is 0 Å². The zero-order valence-electron chi connectivity index (χ0n) is 19.7. The van der Waals surface area contributed by atoms with Gasteiger partial charge in [0.1, 0.15) is 12.6 Å². The summed E-state index contributed by atoms with van der Waals surface area (Å²) in [6.07, 6.45) is 4.95. The first-order valence-corrected chi connectivity index (χ1v) is 12.7. The summed E-state index contributed by atoms with van der Waals surface area (Å²) in [7, 11) is 0. The van der Waals surface area contributed by atoms with Crippen molar-refractivity contribution < 1.29 is 24.2 Å². The van der Waals surface area contributed by atoms with Crippen molar-refractivity contribution in [2.24, 2.45) is 11.8 Å². The molecule has 1 unspecified atom stereocenters. The highest BCUT2D eigenvalue weighted by atomic mass is 16.5. The van der Waals surface area contributed by atoms with E-state index in [-0.39, 0.29) is 18.4 Å². The molecule has 5 rings (SSSR count). The van der Waals surface area contributed by atoms with E-state index in [9.17, 15) is 19.5 Å². The molecule has 2 aromatic carbocycles. The van der Waals surface area contributed by atoms with Gasteiger partial charge >= 0.3 is 12.1 Å². The molecular formula is C28H32N2O5. The number of alkyl carbamates (subject to hydrolysis) is 1. The molecule has 0 radical (unpaired) electrons. The lowest BCUT2D eigenvalue weighted by molar-refractivity contribution is -0.144. The number of benzene rings is 2. The van der Waals surface area contributed by atoms with Crippen LogP contribution in [-0.2, 0) is 14.3 Å². The first-order valence-electron chi connectivity index (χ1n) is 12.7. The lowest BCUT2D eigenvalue weighted by Crippen LogP contribution is -2.53. The van der Waals surface area contributed by atoms with Crippen molar-refractivity contribution >= 4 is 18.0 Å². The van der Waals surface area contributed by atoms with E-state index in [1.165, 1.54) is 0 Å². The quantitative estimate of drug-likeness (QED) is 0.522. The maximum atomic E-state index is 13.1. The number of carbonyl (C=O) groups excluding carboxylic acids is 2. The van der Waals surface area contributed by atoms with Crippen molar-refractivity contribution in [2.45, 2.75) is 62.9 Å². The first kappa shape index (κ1) is 23.4. The SMILES string of the molecule is O=C(NC(CC1CC1)C(=O)N[C@@H]1CCCC[C@@H]1C(=O)O)OCC1c2ccccc2-c2ccccc21. The third-order valence-electron chi connectivity index (χ3n) is 7.63. The minimum atomic E-state index is -0.877. The Morgan fingerprint density at radius 2 is 1.54 bits per heavy atom. The lowest BCUT2D eigenvalue weighted by Gasteiger charge is -2.30. The Balaban J connectivity index is 1.22. The van der Waals surface area contributed by atoms with Crippen LogP contribution >= 0.6 is 0 Å². The van der Waals surface area contributed by atoms with Crippen molar-refractivity contribution in [1.29, 1.82) is 0 Å². The molecule has 3 aliphatic carbocycles. The predicted octanol–water partition coefficient (Wildman–Crippen LogP) is 4.45. The van der Waals surface area contributed by atoms with Crippen LogP contribution in [0.4, 0.5) is 4.79 Å². The van der Waals surface area contributed by atoms with Crippen molar-refractivity contribution in [3.8, 4) is 11.1 Å². The molecule has 35 heavy (non-hydrogen) atoms. The summed E-state index contributed by atoms with van der Waals surface area (Å²) in [6.45, 7) is 0.182. The monoisotopic (exact) mass is 476 g/mol. The van der Waals surface area contributed by atoms with Crippen LogP contribution in [0.5, 0.6) is 0 Å². The molecule has 184 valence electrons. The molecular weight excluding hydrogens is 444 g/mol. The highest BCUT2D eigenvalue weighted by molar-refractivity contribution is 5.86. The van der Waals surface area contributed by atoms with E-state index in [1.54, 1.807) is 0 Å². The highest BCUT2D eigenvalue weighted by Crippen LogP contribution is 2.44. The molecule has 0 aromatic heterocycles. The van der Waals surface area contributed by atoms with Gasteiger partial charge in [-0.3, -0.25) is 9.59 Å². The van der Waals surface area contributed by atoms with E-state index in [0.29, 0.717) is 25.2 Å². The highest BCUT2D eigenvalue weighted by Gasteiger charge is 2.36. The Bertz CT molecular complexity index is 1070. The van der Waals surface area contributed by atoms with Gasteiger partial charge in [0.25, 0.3) is 0 Å². The van der Waals surface area contributed by atoms with E-state index < -0.39 is 30.1 Å². The Morgan fingerprint density at radius 3 is 2.17 bits per heavy atom. The number of fused-ring (bicyclic) bond motifs is 3. The van der Waals surface area contributed by atoms with Crippen molar-refractivity contribution in [3.63, 3.8) is 0 Å². The van der Waals surface area contributed by atoms with Crippen LogP contribution in [0.2, 0.25) is 0 Å². The molecule has 7 nitrogen and oxygen atoms in total. The fraction of sp³-hybridized carbons (Fsp3) is 0.464. The van der Waals surface area contributed by atoms with Crippen molar-refractivity contribution in [2.75, 3.05) is 6.61 Å². The number of aliphatic carboxylic acids is 1. The minimum absolute atomic E-state index is 0.0533. The second-order valence-electron chi connectivity index (χ2n) is 10.0. The van der Waals surface area contributed by atoms with Crippen LogP contribution in [0.1, 0.15) is 62.0 Å². The largest absolute Gasteiger partial charge is 0.481 e. The predicted molar refractivity (Wildman–Crippen MR) is 131 cm³/mol. The molecule has 0 saturated heterocycles. The number of nitrogens with one attached hydrogen (secondary N) is 2. The van der Waals surface area contributed by atoms with Crippen LogP contribution < -0.4 is 10.6 Å². The van der Waals surface area contributed by atoms with Gasteiger partial charge in [0, 0.05) is 12.0 Å². The number of hydrogen-bond acceptors (Lipinski definition) is 4. The summed E-state index contributed by atoms with van der Waals surface area (Å²) < 4.78 is 5.65. The molecule has 3 N–H and O–H groups in total. The third kappa shape index (κ3) is 5.19. The fourth-order valence-corrected chi connectivity index (χ4v) is 5.58. The topological polar surface area (TPSA) is 105 Å². The number of carboxylic acids is 1. The van der Waals surface area contributed by atoms with E-state index >= 15 is 0 Å². The molecule has 0 spiro atoms. The van der Waals surface area contributed by atoms with Crippen LogP contribution in [0, 0.1) is 11.8 Å². The average molecular weight is 477 g/mol. The molecule has 3 aliphatic rings. The molecule has 2 aromatic rings. The van der Waals surface area contributed by atoms with Gasteiger partial charge in [-0.25, -0.2) is 4.79 Å². The van der Waals surface area contributed by atoms with Gasteiger partial charge in [0.2, 0.25) is 5.91 Å². The van der Waals surface area contributed by atoms with E-state index in [2.05, 4.69) is 34.9 Å². The zero-order valence-corrected chi connectivity index (χ0v) is 19.7. The molecule has 0 heterocycles. The number of carbonyl (C=O) groups is 3. The summed E-state index contributed by atoms with van der Waals surface area (Å²) in [4.78, 5) is 37.5. The van der Waals surface area contributed by atoms with Crippen LogP contribution in [0.25, 0.3) is 11.1 Å². The van der Waals surface area contributed by atoms with Gasteiger partial charge in [0.05, 0.1) is 5.92 Å². The number of carboxylic acid groups (broad SMARTS) is 1. The third-order valence-corrected chi connectivity index (χ3v) is 7.63. The average Bonchev–Trinajstić information content (AvgIpc) is 3.63. The minimum Gasteiger partial charge on any atom is -0.481 e. The Kier molecular flexibility index (Phi) is 6.75. The van der Waals surface area contributed by atoms with Crippen molar-refractivity contribution in [3.05, 3.63) is 59.7 Å². The maximum Gasteiger partial charge on any atom is 0.407 e. The van der Waals surface area contributed by atoms with Gasteiger partial charge in [-0.2, -0.15) is 0 Å². The van der Waals surface area contributed by atoms with Gasteiger partial charge in [-0.15, -0.1) is 0 Å². The Labute approximate surface area is 205 Å². The zero-order chi connectivity index (χ0) is 24.4. The normalized spacial score (nSPS) is 21.9. The number of amides is 2. The standard InChI is InChI=1S/C28H32N2O5/c31-26(29-24-12-6-5-11-22(24)27(32)33)25(15-17-13-14-17)30-28(34)35-16-23-20-9-3-1-7-18(20)19-8-2-4-10-21(19)23/h1-4,7-10,17,22-25H,5-6,11-16H2,(H,29,31)(H,30,34)(H,32,33)/t22-,24+,25?/m0/s1. The molecule has 2 saturated carbocycles. The van der Waals surface area contributed by atoms with Gasteiger partial charge in [-0.05, 0) is 47.4 Å². The maximum absolute atomic E-state index is 13.1. The second-order valence-corrected chi connectivity index (χ2v) is 10.0. The smallest absolute Gasteiger partial charge is 0.407 e. The molecule has 0 bridgehead atoms. The molecule has 2 fully saturated rings. The lowest BCUT2D eigenvalue weighted by atomic mass is 9.84. The first-order chi connectivity index (χ1) is 17.0. The van der Waals surface area contributed by atoms with E-state index in [4.69, 9.17) is 4.74 Å². The summed E-state index contributed by atoms with van der Waals surface area (Å²) in [6, 6.07) is 15.2. The molecule has 2 amide bonds. The van der Waals surface area contributed by atoms with Gasteiger partial charge in [-0.1, -0.05) is 74.2 Å². The Hall–Kier alpha value is -3.35. The summed E-state index contributed by atoms with van der Waals surface area (Å²) in [5, 5.41) is 15.2. The van der Waals surface area contributed by atoms with Crippen LogP contribution in [0.15, 0.2) is 48.5 Å². The fourth-order valence-electron chi connectivity index (χ4n) is 5.58. The van der Waals surface area contributed by atoms with E-state index in [0.717, 1.165) is 47.9 Å². The van der Waals surface area contributed by atoms with Crippen LogP contribution in [-0.4, -0.2) is 41.8 Å². The number of rotatable bonds is 8. The summed E-state index contributed by atoms with van der Waals surface area (Å²) in [5.41, 5.74) is 4.57. The molecule has 3 atom stereocenters. The van der Waals surface area contributed by atoms with E-state index in [1.807, 2.05) is 24.3 Å². The van der Waals surface area contributed by atoms with Gasteiger partial charge in [0.15, 0.2) is 0 Å². The molecule has 0 aliphatic heterocycles. The number of hydrogen-bond donors (Lipinski definition) is 3. The Morgan fingerprint density at radius 1 is 0.914 bits per heavy atom. The number of ether oxygens (including phenoxy) is 1. The summed E-state index contributed by atoms with van der Waals surface area (Å²) in [5.74, 6) is -1.42. The summed E-state index contributed by atoms with van der Waals surface area (Å²) >= 11 is 0. The van der Waals surface area contributed by atoms with Crippen molar-refractivity contribution in [1.82, 2.24) is 10.6 Å². The second kappa shape index (κ2) is 10.1.